The van der Waals surface area contributed by atoms with Gasteiger partial charge in [0.15, 0.2) is 0 Å². The maximum Gasteiger partial charge on any atom is 0.141 e. The van der Waals surface area contributed by atoms with E-state index in [9.17, 15) is 8.78 Å². The Morgan fingerprint density at radius 1 is 1.19 bits per heavy atom. The minimum absolute atomic E-state index is 0.186. The fraction of sp³-hybridized carbons (Fsp3) is 0.250. The van der Waals surface area contributed by atoms with E-state index in [-0.39, 0.29) is 11.9 Å². The highest BCUT2D eigenvalue weighted by Crippen LogP contribution is 2.32. The largest absolute Gasteiger partial charge is 0.496 e. The summed E-state index contributed by atoms with van der Waals surface area (Å²) in [6.07, 6.45) is 0.442. The first-order valence-corrected chi connectivity index (χ1v) is 7.29. The van der Waals surface area contributed by atoms with Crippen LogP contribution in [0.3, 0.4) is 0 Å². The van der Waals surface area contributed by atoms with Gasteiger partial charge in [0.1, 0.15) is 17.4 Å². The molecule has 0 saturated carbocycles. The third-order valence-electron chi connectivity index (χ3n) is 3.38. The first-order chi connectivity index (χ1) is 10.1. The number of ether oxygens (including phenoxy) is 1. The van der Waals surface area contributed by atoms with Gasteiger partial charge in [-0.2, -0.15) is 0 Å². The molecule has 2 aromatic carbocycles. The van der Waals surface area contributed by atoms with E-state index in [1.54, 1.807) is 31.3 Å². The minimum atomic E-state index is -0.392. The molecule has 2 aromatic rings. The molecule has 0 radical (unpaired) electrons. The first kappa shape index (κ1) is 15.9. The Balaban J connectivity index is 2.38. The Morgan fingerprint density at radius 3 is 2.52 bits per heavy atom. The summed E-state index contributed by atoms with van der Waals surface area (Å²) >= 11 is 3.17. The van der Waals surface area contributed by atoms with Crippen LogP contribution in [-0.2, 0) is 6.42 Å². The average molecular weight is 356 g/mol. The van der Waals surface area contributed by atoms with Crippen molar-refractivity contribution in [1.82, 2.24) is 5.32 Å². The number of halogens is 3. The third kappa shape index (κ3) is 3.60. The van der Waals surface area contributed by atoms with E-state index in [1.807, 2.05) is 0 Å². The van der Waals surface area contributed by atoms with Crippen molar-refractivity contribution in [3.05, 3.63) is 63.6 Å². The highest BCUT2D eigenvalue weighted by Gasteiger charge is 2.19. The maximum absolute atomic E-state index is 13.8. The van der Waals surface area contributed by atoms with Crippen molar-refractivity contribution >= 4 is 15.9 Å². The van der Waals surface area contributed by atoms with Crippen molar-refractivity contribution < 1.29 is 13.5 Å². The Morgan fingerprint density at radius 2 is 1.90 bits per heavy atom. The van der Waals surface area contributed by atoms with Gasteiger partial charge in [0.25, 0.3) is 0 Å². The van der Waals surface area contributed by atoms with Crippen LogP contribution >= 0.6 is 15.9 Å². The molecule has 0 aliphatic rings. The van der Waals surface area contributed by atoms with Crippen LogP contribution in [0.15, 0.2) is 40.9 Å². The second-order valence-electron chi connectivity index (χ2n) is 4.65. The van der Waals surface area contributed by atoms with Crippen molar-refractivity contribution in [1.29, 1.82) is 0 Å². The molecular weight excluding hydrogens is 340 g/mol. The zero-order valence-electron chi connectivity index (χ0n) is 11.8. The molecule has 0 heterocycles. The van der Waals surface area contributed by atoms with Gasteiger partial charge in [-0.25, -0.2) is 8.78 Å². The van der Waals surface area contributed by atoms with Crippen LogP contribution in [0, 0.1) is 11.6 Å². The standard InChI is InChI=1S/C16H16BrF2NO/c1-20-15(7-10-5-3-4-6-13(10)18)11-8-12(17)14(19)9-16(11)21-2/h3-6,8-9,15,20H,7H2,1-2H3. The molecule has 0 fully saturated rings. The van der Waals surface area contributed by atoms with Gasteiger partial charge in [-0.05, 0) is 47.1 Å². The average Bonchev–Trinajstić information content (AvgIpc) is 2.49. The van der Waals surface area contributed by atoms with E-state index in [4.69, 9.17) is 4.74 Å². The fourth-order valence-electron chi connectivity index (χ4n) is 2.24. The van der Waals surface area contributed by atoms with Gasteiger partial charge in [0.2, 0.25) is 0 Å². The number of hydrogen-bond acceptors (Lipinski definition) is 2. The van der Waals surface area contributed by atoms with Gasteiger partial charge in [-0.3, -0.25) is 0 Å². The van der Waals surface area contributed by atoms with Gasteiger partial charge in [0.05, 0.1) is 11.6 Å². The molecule has 1 unspecified atom stereocenters. The highest BCUT2D eigenvalue weighted by molar-refractivity contribution is 9.10. The SMILES string of the molecule is CNC(Cc1ccccc1F)c1cc(Br)c(F)cc1OC. The van der Waals surface area contributed by atoms with Crippen molar-refractivity contribution in [3.63, 3.8) is 0 Å². The molecule has 0 amide bonds. The Kier molecular flexibility index (Phi) is 5.31. The smallest absolute Gasteiger partial charge is 0.141 e. The summed E-state index contributed by atoms with van der Waals surface area (Å²) in [6.45, 7) is 0. The van der Waals surface area contributed by atoms with Crippen LogP contribution < -0.4 is 10.1 Å². The lowest BCUT2D eigenvalue weighted by molar-refractivity contribution is 0.396. The molecule has 0 bridgehead atoms. The minimum Gasteiger partial charge on any atom is -0.496 e. The molecular formula is C16H16BrF2NO. The molecule has 0 aliphatic carbocycles. The molecule has 0 aromatic heterocycles. The van der Waals surface area contributed by atoms with Crippen LogP contribution in [0.4, 0.5) is 8.78 Å². The molecule has 1 N–H and O–H groups in total. The lowest BCUT2D eigenvalue weighted by atomic mass is 9.97. The second kappa shape index (κ2) is 7.00. The first-order valence-electron chi connectivity index (χ1n) is 6.50. The van der Waals surface area contributed by atoms with Gasteiger partial charge in [-0.1, -0.05) is 18.2 Å². The zero-order valence-corrected chi connectivity index (χ0v) is 13.4. The molecule has 112 valence electrons. The van der Waals surface area contributed by atoms with E-state index < -0.39 is 5.82 Å². The predicted molar refractivity (Wildman–Crippen MR) is 82.6 cm³/mol. The lowest BCUT2D eigenvalue weighted by Crippen LogP contribution is -2.20. The second-order valence-corrected chi connectivity index (χ2v) is 5.50. The highest BCUT2D eigenvalue weighted by atomic mass is 79.9. The number of hydrogen-bond donors (Lipinski definition) is 1. The third-order valence-corrected chi connectivity index (χ3v) is 3.99. The van der Waals surface area contributed by atoms with E-state index in [0.717, 1.165) is 5.56 Å². The summed E-state index contributed by atoms with van der Waals surface area (Å²) in [7, 11) is 3.27. The van der Waals surface area contributed by atoms with E-state index >= 15 is 0 Å². The molecule has 5 heteroatoms. The lowest BCUT2D eigenvalue weighted by Gasteiger charge is -2.20. The molecule has 0 aliphatic heterocycles. The van der Waals surface area contributed by atoms with Crippen LogP contribution in [0.25, 0.3) is 0 Å². The summed E-state index contributed by atoms with van der Waals surface area (Å²) in [5.41, 5.74) is 1.37. The quantitative estimate of drug-likeness (QED) is 0.865. The Bertz CT molecular complexity index is 634. The fourth-order valence-corrected chi connectivity index (χ4v) is 2.61. The zero-order chi connectivity index (χ0) is 15.4. The van der Waals surface area contributed by atoms with Crippen LogP contribution in [0.1, 0.15) is 17.2 Å². The summed E-state index contributed by atoms with van der Waals surface area (Å²) in [6, 6.07) is 9.42. The van der Waals surface area contributed by atoms with Gasteiger partial charge >= 0.3 is 0 Å². The number of likely N-dealkylation sites (N-methyl/N-ethyl adjacent to an activating group) is 1. The van der Waals surface area contributed by atoms with Crippen molar-refractivity contribution in [2.24, 2.45) is 0 Å². The monoisotopic (exact) mass is 355 g/mol. The summed E-state index contributed by atoms with van der Waals surface area (Å²) in [5.74, 6) is -0.208. The number of benzene rings is 2. The van der Waals surface area contributed by atoms with Crippen molar-refractivity contribution in [2.75, 3.05) is 14.2 Å². The number of methoxy groups -OCH3 is 1. The molecule has 21 heavy (non-hydrogen) atoms. The van der Waals surface area contributed by atoms with E-state index in [0.29, 0.717) is 22.2 Å². The molecule has 1 atom stereocenters. The summed E-state index contributed by atoms with van der Waals surface area (Å²) in [4.78, 5) is 0. The topological polar surface area (TPSA) is 21.3 Å². The van der Waals surface area contributed by atoms with Gasteiger partial charge < -0.3 is 10.1 Å². The van der Waals surface area contributed by atoms with Crippen molar-refractivity contribution in [3.8, 4) is 5.75 Å². The van der Waals surface area contributed by atoms with Crippen LogP contribution in [0.5, 0.6) is 5.75 Å². The van der Waals surface area contributed by atoms with Gasteiger partial charge in [-0.15, -0.1) is 0 Å². The Labute approximate surface area is 131 Å². The number of rotatable bonds is 5. The normalized spacial score (nSPS) is 12.2. The Hall–Kier alpha value is -1.46. The van der Waals surface area contributed by atoms with Crippen LogP contribution in [-0.4, -0.2) is 14.2 Å². The number of nitrogens with one attached hydrogen (secondary N) is 1. The van der Waals surface area contributed by atoms with E-state index in [1.165, 1.54) is 19.2 Å². The predicted octanol–water partition coefficient (Wildman–Crippen LogP) is 4.24. The molecule has 2 rings (SSSR count). The summed E-state index contributed by atoms with van der Waals surface area (Å²) in [5, 5.41) is 3.13. The van der Waals surface area contributed by atoms with Crippen molar-refractivity contribution in [2.45, 2.75) is 12.5 Å². The molecule has 0 saturated heterocycles. The summed E-state index contributed by atoms with van der Waals surface area (Å²) < 4.78 is 33.0. The van der Waals surface area contributed by atoms with Gasteiger partial charge in [0, 0.05) is 17.7 Å². The molecule has 0 spiro atoms. The van der Waals surface area contributed by atoms with Crippen LogP contribution in [0.2, 0.25) is 0 Å². The molecule has 2 nitrogen and oxygen atoms in total. The maximum atomic E-state index is 13.8. The van der Waals surface area contributed by atoms with E-state index in [2.05, 4.69) is 21.2 Å².